The van der Waals surface area contributed by atoms with Crippen molar-refractivity contribution >= 4 is 21.8 Å². The zero-order chi connectivity index (χ0) is 24.6. The van der Waals surface area contributed by atoms with E-state index in [1.165, 1.54) is 12.1 Å². The number of rotatable bonds is 1. The normalized spacial score (nSPS) is 14.7. The molecule has 35 heavy (non-hydrogen) atoms. The summed E-state index contributed by atoms with van der Waals surface area (Å²) in [5.41, 5.74) is 4.65. The number of benzene rings is 3. The highest BCUT2D eigenvalue weighted by molar-refractivity contribution is 7.92. The van der Waals surface area contributed by atoms with Crippen LogP contribution in [-0.4, -0.2) is 24.2 Å². The van der Waals surface area contributed by atoms with Gasteiger partial charge in [-0.05, 0) is 61.2 Å². The minimum atomic E-state index is -4.06. The van der Waals surface area contributed by atoms with E-state index in [0.717, 1.165) is 22.3 Å². The van der Waals surface area contributed by atoms with Crippen LogP contribution in [0.2, 0.25) is 0 Å². The maximum absolute atomic E-state index is 13.2. The Morgan fingerprint density at radius 1 is 0.857 bits per heavy atom. The van der Waals surface area contributed by atoms with Crippen molar-refractivity contribution in [1.82, 2.24) is 9.97 Å². The molecule has 5 rings (SSSR count). The monoisotopic (exact) mass is 485 g/mol. The third kappa shape index (κ3) is 4.79. The highest BCUT2D eigenvalue weighted by Crippen LogP contribution is 2.31. The zero-order valence-electron chi connectivity index (χ0n) is 19.3. The molecule has 2 heterocycles. The zero-order valence-corrected chi connectivity index (χ0v) is 20.1. The Bertz CT molecular complexity index is 1540. The lowest BCUT2D eigenvalue weighted by Crippen LogP contribution is -2.16. The van der Waals surface area contributed by atoms with Crippen LogP contribution in [0, 0.1) is 13.8 Å². The standard InChI is InChI=1S/C27H23N3O4S/c1-17-6-3-7-18(2)26(17)23-16-25-29-27(28-23)30-35(32,33)22-11-5-9-20(15-22)24(31)13-12-19-8-4-10-21(14-19)34-25/h3-11,14-16H,12-13H2,1-2H3,(H,28,29,30). The van der Waals surface area contributed by atoms with Crippen molar-refractivity contribution in [2.75, 3.05) is 4.72 Å². The topological polar surface area (TPSA) is 98.3 Å². The second kappa shape index (κ2) is 8.96. The smallest absolute Gasteiger partial charge is 0.264 e. The number of nitrogens with one attached hydrogen (secondary N) is 1. The first-order chi connectivity index (χ1) is 16.8. The third-order valence-corrected chi connectivity index (χ3v) is 7.22. The number of ketones is 1. The quantitative estimate of drug-likeness (QED) is 0.383. The van der Waals surface area contributed by atoms with Gasteiger partial charge in [-0.15, -0.1) is 0 Å². The van der Waals surface area contributed by atoms with Gasteiger partial charge in [0.15, 0.2) is 5.78 Å². The molecule has 7 nitrogen and oxygen atoms in total. The Morgan fingerprint density at radius 2 is 1.60 bits per heavy atom. The maximum atomic E-state index is 13.2. The molecule has 4 aromatic rings. The van der Waals surface area contributed by atoms with Crippen molar-refractivity contribution in [3.63, 3.8) is 0 Å². The van der Waals surface area contributed by atoms with Crippen LogP contribution in [0.4, 0.5) is 5.95 Å². The molecule has 3 aromatic carbocycles. The molecule has 0 atom stereocenters. The van der Waals surface area contributed by atoms with Gasteiger partial charge in [-0.1, -0.05) is 42.5 Å². The molecule has 0 fully saturated rings. The van der Waals surface area contributed by atoms with E-state index >= 15 is 0 Å². The van der Waals surface area contributed by atoms with E-state index < -0.39 is 10.0 Å². The molecule has 0 amide bonds. The van der Waals surface area contributed by atoms with Gasteiger partial charge in [-0.2, -0.15) is 4.98 Å². The summed E-state index contributed by atoms with van der Waals surface area (Å²) >= 11 is 0. The number of nitrogens with zero attached hydrogens (tertiary/aromatic N) is 2. The number of anilines is 1. The number of carbonyl (C=O) groups is 1. The van der Waals surface area contributed by atoms with E-state index in [9.17, 15) is 13.2 Å². The van der Waals surface area contributed by atoms with Gasteiger partial charge in [0.05, 0.1) is 10.6 Å². The van der Waals surface area contributed by atoms with Gasteiger partial charge >= 0.3 is 0 Å². The van der Waals surface area contributed by atoms with Crippen LogP contribution in [0.1, 0.15) is 33.5 Å². The molecular formula is C27H23N3O4S. The second-order valence-electron chi connectivity index (χ2n) is 8.49. The van der Waals surface area contributed by atoms with Gasteiger partial charge in [-0.25, -0.2) is 18.1 Å². The highest BCUT2D eigenvalue weighted by Gasteiger charge is 2.21. The van der Waals surface area contributed by atoms with Gasteiger partial charge in [0, 0.05) is 23.6 Å². The Labute approximate surface area is 203 Å². The number of ether oxygens (including phenoxy) is 1. The van der Waals surface area contributed by atoms with Crippen LogP contribution in [0.25, 0.3) is 11.3 Å². The minimum Gasteiger partial charge on any atom is -0.439 e. The summed E-state index contributed by atoms with van der Waals surface area (Å²) in [5, 5.41) is 0. The predicted molar refractivity (Wildman–Crippen MR) is 133 cm³/mol. The van der Waals surface area contributed by atoms with Crippen LogP contribution in [-0.2, 0) is 16.4 Å². The molecule has 1 aliphatic rings. The molecule has 8 heteroatoms. The summed E-state index contributed by atoms with van der Waals surface area (Å²) in [6.45, 7) is 3.94. The number of sulfonamides is 1. The average molecular weight is 486 g/mol. The summed E-state index contributed by atoms with van der Waals surface area (Å²) in [5.74, 6) is 0.470. The summed E-state index contributed by atoms with van der Waals surface area (Å²) < 4.78 is 34.9. The number of hydrogen-bond acceptors (Lipinski definition) is 6. The van der Waals surface area contributed by atoms with Crippen molar-refractivity contribution in [2.24, 2.45) is 0 Å². The van der Waals surface area contributed by atoms with Crippen LogP contribution in [0.15, 0.2) is 77.7 Å². The van der Waals surface area contributed by atoms with Crippen molar-refractivity contribution in [2.45, 2.75) is 31.6 Å². The number of Topliss-reactive ketones (excluding diaryl/α,β-unsaturated/α-hetero) is 1. The molecule has 0 radical (unpaired) electrons. The van der Waals surface area contributed by atoms with Crippen LogP contribution in [0.5, 0.6) is 11.6 Å². The summed E-state index contributed by atoms with van der Waals surface area (Å²) in [7, 11) is -4.06. The third-order valence-electron chi connectivity index (χ3n) is 5.89. The maximum Gasteiger partial charge on any atom is 0.264 e. The fraction of sp³-hybridized carbons (Fsp3) is 0.148. The van der Waals surface area contributed by atoms with Gasteiger partial charge in [0.2, 0.25) is 11.8 Å². The molecule has 6 bridgehead atoms. The largest absolute Gasteiger partial charge is 0.439 e. The van der Waals surface area contributed by atoms with Crippen LogP contribution in [0.3, 0.4) is 0 Å². The van der Waals surface area contributed by atoms with E-state index in [1.807, 2.05) is 50.2 Å². The SMILES string of the molecule is Cc1cccc(C)c1-c1cc2nc(n1)NS(=O)(=O)c1cccc(c1)C(=O)CCc1cccc(c1)O2. The van der Waals surface area contributed by atoms with Crippen molar-refractivity contribution in [1.29, 1.82) is 0 Å². The first-order valence-corrected chi connectivity index (χ1v) is 12.7. The Balaban J connectivity index is 1.70. The Morgan fingerprint density at radius 3 is 2.40 bits per heavy atom. The molecule has 0 aliphatic carbocycles. The lowest BCUT2D eigenvalue weighted by Gasteiger charge is -2.14. The van der Waals surface area contributed by atoms with Gasteiger partial charge in [-0.3, -0.25) is 4.79 Å². The number of aromatic nitrogens is 2. The molecule has 0 unspecified atom stereocenters. The predicted octanol–water partition coefficient (Wildman–Crippen LogP) is 5.48. The number of fused-ring (bicyclic) bond motifs is 6. The van der Waals surface area contributed by atoms with Crippen molar-refractivity contribution in [3.8, 4) is 22.9 Å². The van der Waals surface area contributed by atoms with Gasteiger partial charge in [0.25, 0.3) is 10.0 Å². The van der Waals surface area contributed by atoms with E-state index in [1.54, 1.807) is 24.3 Å². The van der Waals surface area contributed by atoms with Crippen molar-refractivity contribution < 1.29 is 17.9 Å². The van der Waals surface area contributed by atoms with Crippen LogP contribution >= 0.6 is 0 Å². The average Bonchev–Trinajstić information content (AvgIpc) is 2.82. The molecule has 1 N–H and O–H groups in total. The van der Waals surface area contributed by atoms with E-state index in [2.05, 4.69) is 14.7 Å². The first-order valence-electron chi connectivity index (χ1n) is 11.2. The van der Waals surface area contributed by atoms with E-state index in [0.29, 0.717) is 23.4 Å². The summed E-state index contributed by atoms with van der Waals surface area (Å²) in [6, 6.07) is 21.0. The molecule has 1 aromatic heterocycles. The molecule has 1 aliphatic heterocycles. The Kier molecular flexibility index (Phi) is 5.82. The van der Waals surface area contributed by atoms with Gasteiger partial charge in [0.1, 0.15) is 5.75 Å². The first kappa shape index (κ1) is 22.7. The van der Waals surface area contributed by atoms with Gasteiger partial charge < -0.3 is 4.74 Å². The lowest BCUT2D eigenvalue weighted by molar-refractivity contribution is 0.0982. The minimum absolute atomic E-state index is 0.0395. The van der Waals surface area contributed by atoms with E-state index in [-0.39, 0.29) is 28.9 Å². The molecule has 0 saturated carbocycles. The van der Waals surface area contributed by atoms with Crippen molar-refractivity contribution in [3.05, 3.63) is 95.1 Å². The number of carbonyl (C=O) groups excluding carboxylic acids is 1. The fourth-order valence-electron chi connectivity index (χ4n) is 4.17. The van der Waals surface area contributed by atoms with E-state index in [4.69, 9.17) is 4.74 Å². The second-order valence-corrected chi connectivity index (χ2v) is 10.2. The number of aryl methyl sites for hydroxylation is 3. The molecule has 0 spiro atoms. The molecule has 0 saturated heterocycles. The lowest BCUT2D eigenvalue weighted by atomic mass is 10.00. The number of hydrogen-bond donors (Lipinski definition) is 1. The Hall–Kier alpha value is -4.04. The summed E-state index contributed by atoms with van der Waals surface area (Å²) in [6.07, 6.45) is 0.735. The molecular weight excluding hydrogens is 462 g/mol. The molecule has 176 valence electrons. The summed E-state index contributed by atoms with van der Waals surface area (Å²) in [4.78, 5) is 21.6. The van der Waals surface area contributed by atoms with Crippen LogP contribution < -0.4 is 9.46 Å². The highest BCUT2D eigenvalue weighted by atomic mass is 32.2. The fourth-order valence-corrected chi connectivity index (χ4v) is 5.16.